The monoisotopic (exact) mass is 202 g/mol. The molecule has 1 aliphatic heterocycles. The topological polar surface area (TPSA) is 24.1 Å². The number of piperidine rings is 1. The van der Waals surface area contributed by atoms with Gasteiger partial charge in [-0.3, -0.25) is 0 Å². The SMILES string of the molecule is c1ccc(CCNC2[C@H]3CNC[C@@H]23)cc1. The third kappa shape index (κ3) is 1.92. The minimum Gasteiger partial charge on any atom is -0.316 e. The van der Waals surface area contributed by atoms with Crippen LogP contribution in [0.25, 0.3) is 0 Å². The second kappa shape index (κ2) is 3.95. The molecule has 80 valence electrons. The first kappa shape index (κ1) is 9.37. The van der Waals surface area contributed by atoms with E-state index in [9.17, 15) is 0 Å². The third-order valence-corrected chi connectivity index (χ3v) is 3.73. The molecule has 2 aliphatic rings. The first-order chi connectivity index (χ1) is 7.45. The van der Waals surface area contributed by atoms with Gasteiger partial charge in [0, 0.05) is 6.04 Å². The van der Waals surface area contributed by atoms with Crippen LogP contribution < -0.4 is 10.6 Å². The van der Waals surface area contributed by atoms with Crippen LogP contribution in [0, 0.1) is 11.8 Å². The predicted molar refractivity (Wildman–Crippen MR) is 61.8 cm³/mol. The van der Waals surface area contributed by atoms with Crippen LogP contribution >= 0.6 is 0 Å². The molecule has 1 unspecified atom stereocenters. The van der Waals surface area contributed by atoms with Crippen LogP contribution in [0.5, 0.6) is 0 Å². The lowest BCUT2D eigenvalue weighted by Gasteiger charge is -2.07. The van der Waals surface area contributed by atoms with E-state index in [1.54, 1.807) is 0 Å². The quantitative estimate of drug-likeness (QED) is 0.762. The summed E-state index contributed by atoms with van der Waals surface area (Å²) < 4.78 is 0. The van der Waals surface area contributed by atoms with Crippen molar-refractivity contribution in [3.8, 4) is 0 Å². The van der Waals surface area contributed by atoms with Crippen molar-refractivity contribution in [3.05, 3.63) is 35.9 Å². The highest BCUT2D eigenvalue weighted by Crippen LogP contribution is 2.41. The van der Waals surface area contributed by atoms with Crippen molar-refractivity contribution in [1.29, 1.82) is 0 Å². The Morgan fingerprint density at radius 2 is 1.87 bits per heavy atom. The van der Waals surface area contributed by atoms with Crippen molar-refractivity contribution in [2.75, 3.05) is 19.6 Å². The number of hydrogen-bond acceptors (Lipinski definition) is 2. The molecule has 1 aromatic rings. The molecule has 3 rings (SSSR count). The minimum absolute atomic E-state index is 0.815. The maximum Gasteiger partial charge on any atom is 0.0155 e. The summed E-state index contributed by atoms with van der Waals surface area (Å²) >= 11 is 0. The molecule has 2 heteroatoms. The predicted octanol–water partition coefficient (Wildman–Crippen LogP) is 1.04. The summed E-state index contributed by atoms with van der Waals surface area (Å²) in [5.74, 6) is 1.86. The van der Waals surface area contributed by atoms with Crippen LogP contribution in [-0.2, 0) is 6.42 Å². The third-order valence-electron chi connectivity index (χ3n) is 3.73. The second-order valence-electron chi connectivity index (χ2n) is 4.70. The van der Waals surface area contributed by atoms with E-state index < -0.39 is 0 Å². The molecular weight excluding hydrogens is 184 g/mol. The zero-order valence-electron chi connectivity index (χ0n) is 8.95. The molecule has 1 saturated heterocycles. The van der Waals surface area contributed by atoms with Gasteiger partial charge in [-0.15, -0.1) is 0 Å². The van der Waals surface area contributed by atoms with Gasteiger partial charge in [-0.05, 0) is 43.5 Å². The summed E-state index contributed by atoms with van der Waals surface area (Å²) in [5.41, 5.74) is 1.44. The number of rotatable bonds is 4. The van der Waals surface area contributed by atoms with Crippen molar-refractivity contribution in [1.82, 2.24) is 10.6 Å². The van der Waals surface area contributed by atoms with Crippen LogP contribution in [0.15, 0.2) is 30.3 Å². The Morgan fingerprint density at radius 3 is 2.60 bits per heavy atom. The molecule has 2 fully saturated rings. The van der Waals surface area contributed by atoms with Crippen molar-refractivity contribution < 1.29 is 0 Å². The van der Waals surface area contributed by atoms with E-state index >= 15 is 0 Å². The van der Waals surface area contributed by atoms with Gasteiger partial charge in [-0.2, -0.15) is 0 Å². The number of hydrogen-bond donors (Lipinski definition) is 2. The summed E-state index contributed by atoms with van der Waals surface area (Å²) in [4.78, 5) is 0. The average molecular weight is 202 g/mol. The molecule has 1 aromatic carbocycles. The van der Waals surface area contributed by atoms with Gasteiger partial charge in [-0.1, -0.05) is 30.3 Å². The Bertz CT molecular complexity index is 313. The largest absolute Gasteiger partial charge is 0.316 e. The number of benzene rings is 1. The molecule has 0 amide bonds. The minimum atomic E-state index is 0.815. The van der Waals surface area contributed by atoms with E-state index in [0.29, 0.717) is 0 Å². The van der Waals surface area contributed by atoms with Crippen molar-refractivity contribution >= 4 is 0 Å². The van der Waals surface area contributed by atoms with Crippen molar-refractivity contribution in [3.63, 3.8) is 0 Å². The van der Waals surface area contributed by atoms with Gasteiger partial charge in [0.2, 0.25) is 0 Å². The molecule has 1 saturated carbocycles. The zero-order valence-corrected chi connectivity index (χ0v) is 8.95. The smallest absolute Gasteiger partial charge is 0.0155 e. The van der Waals surface area contributed by atoms with Gasteiger partial charge in [0.15, 0.2) is 0 Å². The first-order valence-electron chi connectivity index (χ1n) is 5.93. The molecular formula is C13H18N2. The molecule has 0 radical (unpaired) electrons. The Balaban J connectivity index is 1.41. The fourth-order valence-corrected chi connectivity index (χ4v) is 2.75. The molecule has 1 aliphatic carbocycles. The van der Waals surface area contributed by atoms with Crippen molar-refractivity contribution in [2.45, 2.75) is 12.5 Å². The lowest BCUT2D eigenvalue weighted by Crippen LogP contribution is -2.28. The van der Waals surface area contributed by atoms with Gasteiger partial charge >= 0.3 is 0 Å². The Labute approximate surface area is 91.1 Å². The Hall–Kier alpha value is -0.860. The summed E-state index contributed by atoms with van der Waals surface area (Å²) in [7, 11) is 0. The summed E-state index contributed by atoms with van der Waals surface area (Å²) in [6, 6.07) is 11.5. The fourth-order valence-electron chi connectivity index (χ4n) is 2.75. The summed E-state index contributed by atoms with van der Waals surface area (Å²) in [6.07, 6.45) is 1.16. The second-order valence-corrected chi connectivity index (χ2v) is 4.70. The standard InChI is InChI=1S/C13H18N2/c1-2-4-10(5-3-1)6-7-15-13-11-8-14-9-12(11)13/h1-5,11-15H,6-9H2/t11-,12+,13?. The van der Waals surface area contributed by atoms with Gasteiger partial charge < -0.3 is 10.6 Å². The Kier molecular flexibility index (Phi) is 2.47. The summed E-state index contributed by atoms with van der Waals surface area (Å²) in [6.45, 7) is 3.59. The van der Waals surface area contributed by atoms with Gasteiger partial charge in [0.25, 0.3) is 0 Å². The van der Waals surface area contributed by atoms with E-state index in [-0.39, 0.29) is 0 Å². The van der Waals surface area contributed by atoms with Gasteiger partial charge in [-0.25, -0.2) is 0 Å². The van der Waals surface area contributed by atoms with Gasteiger partial charge in [0.05, 0.1) is 0 Å². The fraction of sp³-hybridized carbons (Fsp3) is 0.538. The molecule has 3 atom stereocenters. The van der Waals surface area contributed by atoms with Crippen molar-refractivity contribution in [2.24, 2.45) is 11.8 Å². The van der Waals surface area contributed by atoms with E-state index in [1.165, 1.54) is 18.7 Å². The highest BCUT2D eigenvalue weighted by molar-refractivity contribution is 5.15. The van der Waals surface area contributed by atoms with Crippen LogP contribution in [0.3, 0.4) is 0 Å². The molecule has 0 spiro atoms. The lowest BCUT2D eigenvalue weighted by atomic mass is 10.1. The molecule has 0 aromatic heterocycles. The highest BCUT2D eigenvalue weighted by Gasteiger charge is 2.52. The number of fused-ring (bicyclic) bond motifs is 1. The average Bonchev–Trinajstić information content (AvgIpc) is 2.75. The molecule has 1 heterocycles. The molecule has 2 nitrogen and oxygen atoms in total. The van der Waals surface area contributed by atoms with E-state index in [4.69, 9.17) is 0 Å². The molecule has 15 heavy (non-hydrogen) atoms. The van der Waals surface area contributed by atoms with E-state index in [0.717, 1.165) is 30.8 Å². The maximum absolute atomic E-state index is 3.67. The van der Waals surface area contributed by atoms with Crippen LogP contribution in [0.1, 0.15) is 5.56 Å². The normalized spacial score (nSPS) is 32.7. The zero-order chi connectivity index (χ0) is 10.1. The van der Waals surface area contributed by atoms with E-state index in [1.807, 2.05) is 0 Å². The lowest BCUT2D eigenvalue weighted by molar-refractivity contribution is 0.568. The van der Waals surface area contributed by atoms with Crippen LogP contribution in [-0.4, -0.2) is 25.7 Å². The summed E-state index contributed by atoms with van der Waals surface area (Å²) in [5, 5.41) is 7.09. The Morgan fingerprint density at radius 1 is 1.13 bits per heavy atom. The highest BCUT2D eigenvalue weighted by atomic mass is 15.1. The maximum atomic E-state index is 3.67. The number of nitrogens with one attached hydrogen (secondary N) is 2. The molecule has 2 N–H and O–H groups in total. The van der Waals surface area contributed by atoms with E-state index in [2.05, 4.69) is 41.0 Å². The van der Waals surface area contributed by atoms with Crippen LogP contribution in [0.2, 0.25) is 0 Å². The first-order valence-corrected chi connectivity index (χ1v) is 5.93. The van der Waals surface area contributed by atoms with Gasteiger partial charge in [0.1, 0.15) is 0 Å². The van der Waals surface area contributed by atoms with Crippen LogP contribution in [0.4, 0.5) is 0 Å². The molecule has 0 bridgehead atoms.